The lowest BCUT2D eigenvalue weighted by Crippen LogP contribution is -2.37. The standard InChI is InChI=1S/C20H24O18S4/c1-33-17-6-11(3-4-16(17)37-41(27,28)29)20-14-8-19(38-42(30,31)32)18(34-2)7-12(14)5-13(9-35-39(21,22)23)15(20)10-36-40(24,25)26/h3-4,6-8,13,15,20H,5,9-10H2,1-2H3,(H,21,22,23)(H,24,25,26)(H,27,28,29)(H,30,31,32)/t13-,15-,20-/m0/s1. The molecule has 2 aromatic carbocycles. The zero-order valence-electron chi connectivity index (χ0n) is 21.4. The number of hydrogen-bond donors (Lipinski definition) is 4. The minimum absolute atomic E-state index is 0.121. The molecule has 42 heavy (non-hydrogen) atoms. The Morgan fingerprint density at radius 2 is 1.19 bits per heavy atom. The Hall–Kier alpha value is -2.80. The second-order valence-electron chi connectivity index (χ2n) is 8.66. The van der Waals surface area contributed by atoms with Crippen molar-refractivity contribution in [2.24, 2.45) is 11.8 Å². The summed E-state index contributed by atoms with van der Waals surface area (Å²) in [4.78, 5) is 0. The average molecular weight is 681 g/mol. The predicted molar refractivity (Wildman–Crippen MR) is 138 cm³/mol. The molecule has 0 aliphatic heterocycles. The van der Waals surface area contributed by atoms with Gasteiger partial charge in [0, 0.05) is 11.8 Å². The molecule has 4 N–H and O–H groups in total. The number of methoxy groups -OCH3 is 2. The van der Waals surface area contributed by atoms with Crippen molar-refractivity contribution < 1.29 is 78.1 Å². The fraction of sp³-hybridized carbons (Fsp3) is 0.400. The fourth-order valence-electron chi connectivity index (χ4n) is 4.60. The quantitative estimate of drug-likeness (QED) is 0.211. The summed E-state index contributed by atoms with van der Waals surface area (Å²) >= 11 is 0. The van der Waals surface area contributed by atoms with Crippen LogP contribution in [0.4, 0.5) is 0 Å². The van der Waals surface area contributed by atoms with E-state index in [0.29, 0.717) is 5.56 Å². The molecule has 236 valence electrons. The van der Waals surface area contributed by atoms with Crippen LogP contribution in [0.5, 0.6) is 23.0 Å². The van der Waals surface area contributed by atoms with Crippen molar-refractivity contribution in [2.45, 2.75) is 12.3 Å². The van der Waals surface area contributed by atoms with Gasteiger partial charge in [-0.3, -0.25) is 18.2 Å². The molecule has 3 rings (SSSR count). The van der Waals surface area contributed by atoms with Gasteiger partial charge in [0.1, 0.15) is 0 Å². The van der Waals surface area contributed by atoms with E-state index in [-0.39, 0.29) is 29.0 Å². The Bertz CT molecular complexity index is 1750. The SMILES string of the molecule is COc1cc([C@H]2c3cc(OS(=O)(=O)O)c(OC)cc3C[C@@H](COS(=O)(=O)O)[C@@H]2COS(=O)(=O)O)ccc1OS(=O)(=O)O. The van der Waals surface area contributed by atoms with Crippen molar-refractivity contribution in [3.8, 4) is 23.0 Å². The van der Waals surface area contributed by atoms with E-state index in [4.69, 9.17) is 18.6 Å². The first-order valence-corrected chi connectivity index (χ1v) is 16.6. The van der Waals surface area contributed by atoms with Crippen molar-refractivity contribution in [3.63, 3.8) is 0 Å². The monoisotopic (exact) mass is 680 g/mol. The van der Waals surface area contributed by atoms with Crippen molar-refractivity contribution >= 4 is 41.6 Å². The van der Waals surface area contributed by atoms with Gasteiger partial charge in [0.15, 0.2) is 23.0 Å². The highest BCUT2D eigenvalue weighted by Gasteiger charge is 2.41. The number of fused-ring (bicyclic) bond motifs is 1. The molecule has 22 heteroatoms. The maximum atomic E-state index is 11.5. The summed E-state index contributed by atoms with van der Waals surface area (Å²) in [5.41, 5.74) is 0.690. The minimum atomic E-state index is -5.08. The van der Waals surface area contributed by atoms with Crippen LogP contribution in [-0.4, -0.2) is 79.3 Å². The number of rotatable bonds is 13. The van der Waals surface area contributed by atoms with Gasteiger partial charge < -0.3 is 17.8 Å². The molecule has 0 saturated carbocycles. The minimum Gasteiger partial charge on any atom is -0.493 e. The molecule has 0 radical (unpaired) electrons. The van der Waals surface area contributed by atoms with Crippen LogP contribution in [-0.2, 0) is 56.4 Å². The van der Waals surface area contributed by atoms with Crippen LogP contribution in [0.25, 0.3) is 0 Å². The van der Waals surface area contributed by atoms with E-state index >= 15 is 0 Å². The van der Waals surface area contributed by atoms with Gasteiger partial charge >= 0.3 is 41.6 Å². The summed E-state index contributed by atoms with van der Waals surface area (Å²) in [7, 11) is -17.9. The lowest BCUT2D eigenvalue weighted by molar-refractivity contribution is 0.112. The molecule has 1 aliphatic carbocycles. The second-order valence-corrected chi connectivity index (χ2v) is 12.9. The predicted octanol–water partition coefficient (Wildman–Crippen LogP) is 0.626. The topological polar surface area (TPSA) is 273 Å². The van der Waals surface area contributed by atoms with Crippen molar-refractivity contribution in [3.05, 3.63) is 47.0 Å². The zero-order valence-corrected chi connectivity index (χ0v) is 24.6. The van der Waals surface area contributed by atoms with E-state index in [0.717, 1.165) is 26.4 Å². The molecule has 0 unspecified atom stereocenters. The Kier molecular flexibility index (Phi) is 9.98. The summed E-state index contributed by atoms with van der Waals surface area (Å²) in [6, 6.07) is 5.92. The molecule has 3 atom stereocenters. The van der Waals surface area contributed by atoms with E-state index in [1.54, 1.807) is 0 Å². The first kappa shape index (κ1) is 33.7. The number of hydrogen-bond acceptors (Lipinski definition) is 14. The van der Waals surface area contributed by atoms with E-state index in [1.807, 2.05) is 0 Å². The van der Waals surface area contributed by atoms with Crippen LogP contribution in [0.3, 0.4) is 0 Å². The van der Waals surface area contributed by atoms with Crippen LogP contribution < -0.4 is 17.8 Å². The molecule has 0 fully saturated rings. The van der Waals surface area contributed by atoms with Crippen LogP contribution >= 0.6 is 0 Å². The fourth-order valence-corrected chi connectivity index (χ4v) is 6.00. The molecule has 2 aromatic rings. The van der Waals surface area contributed by atoms with E-state index in [1.165, 1.54) is 18.2 Å². The largest absolute Gasteiger partial charge is 0.493 e. The van der Waals surface area contributed by atoms with Crippen LogP contribution in [0.15, 0.2) is 30.3 Å². The molecule has 0 heterocycles. The lowest BCUT2D eigenvalue weighted by atomic mass is 9.67. The maximum absolute atomic E-state index is 11.5. The molecule has 0 amide bonds. The smallest absolute Gasteiger partial charge is 0.446 e. The normalized spacial score (nSPS) is 19.5. The van der Waals surface area contributed by atoms with Gasteiger partial charge in [0.2, 0.25) is 0 Å². The van der Waals surface area contributed by atoms with E-state index in [2.05, 4.69) is 16.7 Å². The molecule has 0 aromatic heterocycles. The highest BCUT2D eigenvalue weighted by Crippen LogP contribution is 2.49. The van der Waals surface area contributed by atoms with E-state index < -0.39 is 84.1 Å². The molecule has 0 saturated heterocycles. The zero-order chi connectivity index (χ0) is 31.7. The third-order valence-corrected chi connectivity index (χ3v) is 7.70. The van der Waals surface area contributed by atoms with Crippen LogP contribution in [0.1, 0.15) is 22.6 Å². The van der Waals surface area contributed by atoms with Crippen molar-refractivity contribution in [1.82, 2.24) is 0 Å². The number of ether oxygens (including phenoxy) is 2. The Balaban J connectivity index is 2.31. The lowest BCUT2D eigenvalue weighted by Gasteiger charge is -2.39. The van der Waals surface area contributed by atoms with Crippen molar-refractivity contribution in [1.29, 1.82) is 0 Å². The second kappa shape index (κ2) is 12.4. The first-order valence-electron chi connectivity index (χ1n) is 11.2. The van der Waals surface area contributed by atoms with Crippen molar-refractivity contribution in [2.75, 3.05) is 27.4 Å². The molecule has 1 aliphatic rings. The van der Waals surface area contributed by atoms with Crippen LogP contribution in [0.2, 0.25) is 0 Å². The summed E-state index contributed by atoms with van der Waals surface area (Å²) in [6.07, 6.45) is -0.121. The van der Waals surface area contributed by atoms with Gasteiger partial charge in [0.25, 0.3) is 0 Å². The molecule has 0 bridgehead atoms. The summed E-state index contributed by atoms with van der Waals surface area (Å²) in [5.74, 6) is -4.71. The summed E-state index contributed by atoms with van der Waals surface area (Å²) in [6.45, 7) is -1.56. The highest BCUT2D eigenvalue weighted by molar-refractivity contribution is 7.81. The highest BCUT2D eigenvalue weighted by atomic mass is 32.3. The average Bonchev–Trinajstić information content (AvgIpc) is 2.83. The van der Waals surface area contributed by atoms with Crippen LogP contribution in [0, 0.1) is 11.8 Å². The van der Waals surface area contributed by atoms with Gasteiger partial charge in [-0.2, -0.15) is 33.7 Å². The van der Waals surface area contributed by atoms with E-state index in [9.17, 15) is 42.8 Å². The molecule has 0 spiro atoms. The summed E-state index contributed by atoms with van der Waals surface area (Å²) < 4.78 is 156. The van der Waals surface area contributed by atoms with Gasteiger partial charge in [0.05, 0.1) is 27.4 Å². The molecule has 18 nitrogen and oxygen atoms in total. The third kappa shape index (κ3) is 9.35. The first-order chi connectivity index (χ1) is 19.2. The van der Waals surface area contributed by atoms with Gasteiger partial charge in [-0.1, -0.05) is 6.07 Å². The Labute approximate surface area is 240 Å². The van der Waals surface area contributed by atoms with Gasteiger partial charge in [-0.15, -0.1) is 0 Å². The van der Waals surface area contributed by atoms with Gasteiger partial charge in [-0.25, -0.2) is 8.37 Å². The maximum Gasteiger partial charge on any atom is 0.446 e. The third-order valence-electron chi connectivity index (χ3n) is 6.05. The molecular formula is C20H24O18S4. The Morgan fingerprint density at radius 3 is 1.71 bits per heavy atom. The summed E-state index contributed by atoms with van der Waals surface area (Å²) in [5, 5.41) is 0. The van der Waals surface area contributed by atoms with Gasteiger partial charge in [-0.05, 0) is 53.3 Å². The Morgan fingerprint density at radius 1 is 0.667 bits per heavy atom. The molecular weight excluding hydrogens is 656 g/mol. The number of benzene rings is 2.